The van der Waals surface area contributed by atoms with Gasteiger partial charge < -0.3 is 0 Å². The second-order valence-electron chi connectivity index (χ2n) is 8.03. The second-order valence-corrected chi connectivity index (χ2v) is 8.03. The van der Waals surface area contributed by atoms with Crippen LogP contribution in [-0.4, -0.2) is 0 Å². The summed E-state index contributed by atoms with van der Waals surface area (Å²) < 4.78 is 0. The fourth-order valence-corrected chi connectivity index (χ4v) is 5.47. The predicted molar refractivity (Wildman–Crippen MR) is 69.3 cm³/mol. The predicted octanol–water partition coefficient (Wildman–Crippen LogP) is 5.03. The van der Waals surface area contributed by atoms with Gasteiger partial charge in [0.25, 0.3) is 0 Å². The summed E-state index contributed by atoms with van der Waals surface area (Å²) in [5.41, 5.74) is 1.40. The third-order valence-corrected chi connectivity index (χ3v) is 6.19. The molecule has 16 heavy (non-hydrogen) atoms. The summed E-state index contributed by atoms with van der Waals surface area (Å²) in [5.74, 6) is 3.23. The van der Waals surface area contributed by atoms with Crippen molar-refractivity contribution in [3.63, 3.8) is 0 Å². The van der Waals surface area contributed by atoms with Crippen LogP contribution in [0, 0.1) is 28.6 Å². The minimum absolute atomic E-state index is 0.565. The first-order chi connectivity index (χ1) is 7.51. The van der Waals surface area contributed by atoms with Crippen molar-refractivity contribution in [2.24, 2.45) is 28.6 Å². The monoisotopic (exact) mass is 220 g/mol. The Balaban J connectivity index is 1.75. The minimum atomic E-state index is 0.565. The van der Waals surface area contributed by atoms with E-state index in [-0.39, 0.29) is 0 Å². The van der Waals surface area contributed by atoms with Crippen LogP contribution in [0.3, 0.4) is 0 Å². The molecule has 3 atom stereocenters. The summed E-state index contributed by atoms with van der Waals surface area (Å²) >= 11 is 0. The van der Waals surface area contributed by atoms with Crippen LogP contribution in [0.2, 0.25) is 0 Å². The molecule has 0 amide bonds. The third-order valence-electron chi connectivity index (χ3n) is 6.19. The summed E-state index contributed by atoms with van der Waals surface area (Å²) in [7, 11) is 0. The van der Waals surface area contributed by atoms with Crippen LogP contribution in [0.25, 0.3) is 0 Å². The molecule has 3 fully saturated rings. The van der Waals surface area contributed by atoms with Crippen molar-refractivity contribution in [1.82, 2.24) is 0 Å². The van der Waals surface area contributed by atoms with Crippen molar-refractivity contribution >= 4 is 0 Å². The van der Waals surface area contributed by atoms with Gasteiger partial charge in [-0.1, -0.05) is 40.0 Å². The van der Waals surface area contributed by atoms with Crippen LogP contribution in [0.1, 0.15) is 72.1 Å². The smallest absolute Gasteiger partial charge is 0.0266 e. The molecule has 0 heterocycles. The van der Waals surface area contributed by atoms with Gasteiger partial charge in [-0.2, -0.15) is 0 Å². The Kier molecular flexibility index (Phi) is 2.43. The standard InChI is InChI=1S/C16H28/c1-15(2,3)14-10-13-9-12(14)11-16(13)7-5-4-6-8-16/h12-14H,4-11H2,1-3H3. The lowest BCUT2D eigenvalue weighted by Crippen LogP contribution is -2.36. The molecule has 0 heteroatoms. The van der Waals surface area contributed by atoms with E-state index in [1.54, 1.807) is 32.1 Å². The number of fused-ring (bicyclic) bond motifs is 3. The van der Waals surface area contributed by atoms with Crippen LogP contribution in [-0.2, 0) is 0 Å². The van der Waals surface area contributed by atoms with Crippen LogP contribution in [0.5, 0.6) is 0 Å². The van der Waals surface area contributed by atoms with Gasteiger partial charge in [-0.3, -0.25) is 0 Å². The van der Waals surface area contributed by atoms with Crippen molar-refractivity contribution in [3.8, 4) is 0 Å². The molecule has 0 N–H and O–H groups in total. The Labute approximate surface area is 101 Å². The normalized spacial score (nSPS) is 41.8. The Morgan fingerprint density at radius 1 is 0.938 bits per heavy atom. The van der Waals surface area contributed by atoms with E-state index in [4.69, 9.17) is 0 Å². The highest BCUT2D eigenvalue weighted by molar-refractivity contribution is 5.06. The van der Waals surface area contributed by atoms with E-state index in [0.29, 0.717) is 5.41 Å². The van der Waals surface area contributed by atoms with E-state index >= 15 is 0 Å². The number of hydrogen-bond donors (Lipinski definition) is 0. The molecule has 0 radical (unpaired) electrons. The van der Waals surface area contributed by atoms with Crippen molar-refractivity contribution in [2.45, 2.75) is 72.1 Å². The maximum Gasteiger partial charge on any atom is -0.0266 e. The first-order valence-corrected chi connectivity index (χ1v) is 7.51. The highest BCUT2D eigenvalue weighted by Gasteiger charge is 2.56. The van der Waals surface area contributed by atoms with Gasteiger partial charge in [0.2, 0.25) is 0 Å². The lowest BCUT2D eigenvalue weighted by atomic mass is 9.59. The van der Waals surface area contributed by atoms with Crippen molar-refractivity contribution in [1.29, 1.82) is 0 Å². The molecule has 0 aromatic rings. The fourth-order valence-electron chi connectivity index (χ4n) is 5.47. The fraction of sp³-hybridized carbons (Fsp3) is 1.00. The van der Waals surface area contributed by atoms with Crippen molar-refractivity contribution in [3.05, 3.63) is 0 Å². The van der Waals surface area contributed by atoms with E-state index in [2.05, 4.69) is 20.8 Å². The van der Waals surface area contributed by atoms with Crippen molar-refractivity contribution in [2.75, 3.05) is 0 Å². The highest BCUT2D eigenvalue weighted by atomic mass is 14.6. The number of rotatable bonds is 0. The number of hydrogen-bond acceptors (Lipinski definition) is 0. The molecule has 3 aliphatic carbocycles. The van der Waals surface area contributed by atoms with E-state index < -0.39 is 0 Å². The molecule has 0 aliphatic heterocycles. The summed E-state index contributed by atoms with van der Waals surface area (Å²) in [5, 5.41) is 0. The Morgan fingerprint density at radius 3 is 2.12 bits per heavy atom. The van der Waals surface area contributed by atoms with Crippen LogP contribution in [0.15, 0.2) is 0 Å². The molecule has 2 bridgehead atoms. The topological polar surface area (TPSA) is 0 Å². The van der Waals surface area contributed by atoms with Crippen LogP contribution >= 0.6 is 0 Å². The quantitative estimate of drug-likeness (QED) is 0.537. The van der Waals surface area contributed by atoms with Gasteiger partial charge in [0.1, 0.15) is 0 Å². The Bertz CT molecular complexity index is 264. The zero-order valence-corrected chi connectivity index (χ0v) is 11.4. The molecular weight excluding hydrogens is 192 g/mol. The van der Waals surface area contributed by atoms with Gasteiger partial charge in [0.05, 0.1) is 0 Å². The summed E-state index contributed by atoms with van der Waals surface area (Å²) in [6.07, 6.45) is 12.5. The first-order valence-electron chi connectivity index (χ1n) is 7.51. The molecule has 0 aromatic carbocycles. The molecule has 92 valence electrons. The van der Waals surface area contributed by atoms with Gasteiger partial charge in [0, 0.05) is 0 Å². The zero-order valence-electron chi connectivity index (χ0n) is 11.4. The zero-order chi connectivity index (χ0) is 11.4. The third kappa shape index (κ3) is 1.56. The molecule has 0 aromatic heterocycles. The minimum Gasteiger partial charge on any atom is -0.0599 e. The molecular formula is C16H28. The lowest BCUT2D eigenvalue weighted by Gasteiger charge is -2.46. The molecule has 3 unspecified atom stereocenters. The van der Waals surface area contributed by atoms with E-state index in [1.807, 2.05) is 0 Å². The average Bonchev–Trinajstić information content (AvgIpc) is 2.75. The molecule has 3 aliphatic rings. The largest absolute Gasteiger partial charge is 0.0599 e. The van der Waals surface area contributed by atoms with Crippen LogP contribution < -0.4 is 0 Å². The molecule has 1 spiro atoms. The van der Waals surface area contributed by atoms with Crippen molar-refractivity contribution < 1.29 is 0 Å². The molecule has 0 nitrogen and oxygen atoms in total. The van der Waals surface area contributed by atoms with Gasteiger partial charge in [-0.05, 0) is 60.7 Å². The van der Waals surface area contributed by atoms with Gasteiger partial charge in [-0.25, -0.2) is 0 Å². The SMILES string of the molecule is CC(C)(C)C1CC2CC1CC21CCCCC1. The second kappa shape index (κ2) is 3.50. The van der Waals surface area contributed by atoms with E-state index in [9.17, 15) is 0 Å². The highest BCUT2D eigenvalue weighted by Crippen LogP contribution is 2.66. The molecule has 0 saturated heterocycles. The first kappa shape index (κ1) is 11.1. The van der Waals surface area contributed by atoms with E-state index in [0.717, 1.165) is 23.2 Å². The maximum atomic E-state index is 2.46. The summed E-state index contributed by atoms with van der Waals surface area (Å²) in [6, 6.07) is 0. The average molecular weight is 220 g/mol. The van der Waals surface area contributed by atoms with Crippen LogP contribution in [0.4, 0.5) is 0 Å². The summed E-state index contributed by atoms with van der Waals surface area (Å²) in [6.45, 7) is 7.39. The molecule has 3 saturated carbocycles. The Morgan fingerprint density at radius 2 is 1.62 bits per heavy atom. The Hall–Kier alpha value is 0. The lowest BCUT2D eigenvalue weighted by molar-refractivity contribution is 0.0450. The van der Waals surface area contributed by atoms with E-state index in [1.165, 1.54) is 19.3 Å². The van der Waals surface area contributed by atoms with Gasteiger partial charge in [0.15, 0.2) is 0 Å². The van der Waals surface area contributed by atoms with Gasteiger partial charge >= 0.3 is 0 Å². The summed E-state index contributed by atoms with van der Waals surface area (Å²) in [4.78, 5) is 0. The molecule has 3 rings (SSSR count). The maximum absolute atomic E-state index is 2.46. The van der Waals surface area contributed by atoms with Gasteiger partial charge in [-0.15, -0.1) is 0 Å².